The first kappa shape index (κ1) is 24.9. The molecule has 0 amide bonds. The Morgan fingerprint density at radius 3 is 2.71 bits per heavy atom. The summed E-state index contributed by atoms with van der Waals surface area (Å²) in [7, 11) is 5.73. The summed E-state index contributed by atoms with van der Waals surface area (Å²) in [5, 5.41) is 3.43. The van der Waals surface area contributed by atoms with Gasteiger partial charge in [0.1, 0.15) is 5.82 Å². The summed E-state index contributed by atoms with van der Waals surface area (Å²) in [6.07, 6.45) is 5.24. The van der Waals surface area contributed by atoms with Crippen molar-refractivity contribution in [3.05, 3.63) is 23.9 Å². The highest BCUT2D eigenvalue weighted by molar-refractivity contribution is 14.0. The van der Waals surface area contributed by atoms with Crippen LogP contribution in [0.3, 0.4) is 0 Å². The maximum atomic E-state index is 5.96. The molecular formula is C20H36IN5O2. The Hall–Kier alpha value is -1.13. The predicted molar refractivity (Wildman–Crippen MR) is 126 cm³/mol. The monoisotopic (exact) mass is 505 g/mol. The van der Waals surface area contributed by atoms with Gasteiger partial charge in [0.15, 0.2) is 5.96 Å². The van der Waals surface area contributed by atoms with Gasteiger partial charge in [-0.05, 0) is 43.9 Å². The molecule has 8 heteroatoms. The van der Waals surface area contributed by atoms with E-state index in [2.05, 4.69) is 28.2 Å². The summed E-state index contributed by atoms with van der Waals surface area (Å²) in [5.74, 6) is 1.94. The van der Waals surface area contributed by atoms with Crippen LogP contribution >= 0.6 is 24.0 Å². The maximum Gasteiger partial charge on any atom is 0.194 e. The van der Waals surface area contributed by atoms with Crippen LogP contribution < -0.4 is 10.2 Å². The van der Waals surface area contributed by atoms with Gasteiger partial charge in [0, 0.05) is 60.3 Å². The Balaban J connectivity index is 0.00000392. The summed E-state index contributed by atoms with van der Waals surface area (Å²) in [6.45, 7) is 7.12. The number of hydrogen-bond acceptors (Lipinski definition) is 5. The Kier molecular flexibility index (Phi) is 12.4. The number of likely N-dealkylation sites (tertiary alicyclic amines) is 1. The normalized spacial score (nSPS) is 15.3. The molecule has 1 aliphatic rings. The summed E-state index contributed by atoms with van der Waals surface area (Å²) < 4.78 is 11.0. The Morgan fingerprint density at radius 1 is 1.32 bits per heavy atom. The number of anilines is 1. The molecule has 1 saturated heterocycles. The van der Waals surface area contributed by atoms with E-state index in [4.69, 9.17) is 14.5 Å². The molecule has 0 radical (unpaired) electrons. The molecule has 0 saturated carbocycles. The fourth-order valence-electron chi connectivity index (χ4n) is 3.08. The molecule has 160 valence electrons. The highest BCUT2D eigenvalue weighted by atomic mass is 127. The van der Waals surface area contributed by atoms with Gasteiger partial charge in [-0.1, -0.05) is 0 Å². The Bertz CT molecular complexity index is 577. The van der Waals surface area contributed by atoms with Crippen LogP contribution in [0.15, 0.2) is 23.3 Å². The van der Waals surface area contributed by atoms with Gasteiger partial charge in [0.2, 0.25) is 0 Å². The smallest absolute Gasteiger partial charge is 0.194 e. The van der Waals surface area contributed by atoms with Crippen LogP contribution in [-0.4, -0.2) is 76.0 Å². The molecule has 0 spiro atoms. The van der Waals surface area contributed by atoms with E-state index < -0.39 is 0 Å². The minimum absolute atomic E-state index is 0. The van der Waals surface area contributed by atoms with E-state index in [-0.39, 0.29) is 24.0 Å². The van der Waals surface area contributed by atoms with Crippen molar-refractivity contribution in [2.75, 3.05) is 59.0 Å². The number of halogens is 1. The van der Waals surface area contributed by atoms with Gasteiger partial charge in [0.05, 0.1) is 12.6 Å². The number of guanidine groups is 1. The fraction of sp³-hybridized carbons (Fsp3) is 0.700. The van der Waals surface area contributed by atoms with Gasteiger partial charge in [0.25, 0.3) is 0 Å². The zero-order valence-corrected chi connectivity index (χ0v) is 20.0. The first-order chi connectivity index (χ1) is 13.1. The third-order valence-electron chi connectivity index (χ3n) is 4.60. The number of methoxy groups -OCH3 is 1. The van der Waals surface area contributed by atoms with Crippen LogP contribution in [0.5, 0.6) is 0 Å². The van der Waals surface area contributed by atoms with E-state index >= 15 is 0 Å². The van der Waals surface area contributed by atoms with Crippen LogP contribution in [0.4, 0.5) is 5.82 Å². The molecule has 7 nitrogen and oxygen atoms in total. The molecule has 2 heterocycles. The topological polar surface area (TPSA) is 62.2 Å². The van der Waals surface area contributed by atoms with Crippen molar-refractivity contribution in [1.82, 2.24) is 15.2 Å². The lowest BCUT2D eigenvalue weighted by atomic mass is 10.1. The summed E-state index contributed by atoms with van der Waals surface area (Å²) in [4.78, 5) is 13.6. The van der Waals surface area contributed by atoms with Gasteiger partial charge >= 0.3 is 0 Å². The second-order valence-corrected chi connectivity index (χ2v) is 6.99. The quantitative estimate of drug-likeness (QED) is 0.241. The highest BCUT2D eigenvalue weighted by Gasteiger charge is 2.21. The Labute approximate surface area is 186 Å². The third-order valence-corrected chi connectivity index (χ3v) is 4.60. The van der Waals surface area contributed by atoms with Gasteiger partial charge in [-0.25, -0.2) is 9.98 Å². The number of nitrogens with one attached hydrogen (secondary N) is 1. The number of hydrogen-bond donors (Lipinski definition) is 1. The predicted octanol–water partition coefficient (Wildman–Crippen LogP) is 2.75. The van der Waals surface area contributed by atoms with Crippen molar-refractivity contribution in [2.45, 2.75) is 38.8 Å². The molecule has 1 aromatic rings. The summed E-state index contributed by atoms with van der Waals surface area (Å²) >= 11 is 0. The molecule has 0 aliphatic carbocycles. The number of rotatable bonds is 9. The van der Waals surface area contributed by atoms with Crippen molar-refractivity contribution >= 4 is 35.8 Å². The second kappa shape index (κ2) is 13.9. The molecule has 0 atom stereocenters. The van der Waals surface area contributed by atoms with Gasteiger partial charge in [-0.2, -0.15) is 0 Å². The lowest BCUT2D eigenvalue weighted by molar-refractivity contribution is 0.00990. The molecule has 1 N–H and O–H groups in total. The lowest BCUT2D eigenvalue weighted by Gasteiger charge is -2.34. The van der Waals surface area contributed by atoms with E-state index in [1.807, 2.05) is 31.3 Å². The molecule has 1 aromatic heterocycles. The molecular weight excluding hydrogens is 469 g/mol. The van der Waals surface area contributed by atoms with Crippen molar-refractivity contribution in [2.24, 2.45) is 4.99 Å². The molecule has 0 unspecified atom stereocenters. The Morgan fingerprint density at radius 2 is 2.07 bits per heavy atom. The number of ether oxygens (including phenoxy) is 2. The average Bonchev–Trinajstić information content (AvgIpc) is 2.69. The van der Waals surface area contributed by atoms with Crippen molar-refractivity contribution in [1.29, 1.82) is 0 Å². The molecule has 0 bridgehead atoms. The van der Waals surface area contributed by atoms with Crippen molar-refractivity contribution < 1.29 is 9.47 Å². The zero-order chi connectivity index (χ0) is 19.5. The summed E-state index contributed by atoms with van der Waals surface area (Å²) in [6, 6.07) is 4.12. The van der Waals surface area contributed by atoms with Crippen LogP contribution in [0.1, 0.15) is 31.7 Å². The van der Waals surface area contributed by atoms with E-state index in [9.17, 15) is 0 Å². The van der Waals surface area contributed by atoms with E-state index in [1.165, 1.54) is 5.56 Å². The van der Waals surface area contributed by atoms with Crippen molar-refractivity contribution in [3.8, 4) is 0 Å². The van der Waals surface area contributed by atoms with Gasteiger partial charge < -0.3 is 24.6 Å². The highest BCUT2D eigenvalue weighted by Crippen LogP contribution is 2.15. The first-order valence-corrected chi connectivity index (χ1v) is 9.90. The van der Waals surface area contributed by atoms with E-state index in [0.29, 0.717) is 12.6 Å². The van der Waals surface area contributed by atoms with E-state index in [0.717, 1.165) is 63.9 Å². The molecule has 28 heavy (non-hydrogen) atoms. The number of nitrogens with zero attached hydrogens (tertiary/aromatic N) is 4. The molecule has 1 aliphatic heterocycles. The maximum absolute atomic E-state index is 5.96. The van der Waals surface area contributed by atoms with Crippen LogP contribution in [0, 0.1) is 0 Å². The second-order valence-electron chi connectivity index (χ2n) is 6.99. The average molecular weight is 505 g/mol. The number of aromatic nitrogens is 1. The fourth-order valence-corrected chi connectivity index (χ4v) is 3.08. The standard InChI is InChI=1S/C20H35N5O2.HI/c1-5-21-20(23-16-17-7-10-22-19(15-17)24(2)3)25-11-8-18(9-12-25)27-14-6-13-26-4;/h7,10,15,18H,5-6,8-9,11-14,16H2,1-4H3,(H,21,23);1H. The van der Waals surface area contributed by atoms with Crippen LogP contribution in [-0.2, 0) is 16.0 Å². The zero-order valence-electron chi connectivity index (χ0n) is 17.7. The minimum atomic E-state index is 0. The third kappa shape index (κ3) is 8.48. The number of pyridine rings is 1. The van der Waals surface area contributed by atoms with E-state index in [1.54, 1.807) is 7.11 Å². The van der Waals surface area contributed by atoms with Gasteiger partial charge in [-0.15, -0.1) is 24.0 Å². The SMILES string of the molecule is CCNC(=NCc1ccnc(N(C)C)c1)N1CCC(OCCCOC)CC1.I. The number of aliphatic imine (C=N–C) groups is 1. The number of piperidine rings is 1. The summed E-state index contributed by atoms with van der Waals surface area (Å²) in [5.41, 5.74) is 1.17. The molecule has 1 fully saturated rings. The van der Waals surface area contributed by atoms with Crippen molar-refractivity contribution in [3.63, 3.8) is 0 Å². The first-order valence-electron chi connectivity index (χ1n) is 9.90. The lowest BCUT2D eigenvalue weighted by Crippen LogP contribution is -2.47. The van der Waals surface area contributed by atoms with Crippen LogP contribution in [0.25, 0.3) is 0 Å². The molecule has 0 aromatic carbocycles. The van der Waals surface area contributed by atoms with Crippen LogP contribution in [0.2, 0.25) is 0 Å². The van der Waals surface area contributed by atoms with Gasteiger partial charge in [-0.3, -0.25) is 0 Å². The molecule has 2 rings (SSSR count). The largest absolute Gasteiger partial charge is 0.385 e. The minimum Gasteiger partial charge on any atom is -0.385 e.